The van der Waals surface area contributed by atoms with Crippen LogP contribution in [0.25, 0.3) is 0 Å². The zero-order chi connectivity index (χ0) is 26.3. The zero-order valence-electron chi connectivity index (χ0n) is 18.9. The van der Waals surface area contributed by atoms with E-state index in [0.717, 1.165) is 12.1 Å². The monoisotopic (exact) mass is 568 g/mol. The van der Waals surface area contributed by atoms with Crippen molar-refractivity contribution in [2.24, 2.45) is 0 Å². The molecular weight excluding hydrogens is 549 g/mol. The minimum Gasteiger partial charge on any atom is -0.465 e. The van der Waals surface area contributed by atoms with Crippen molar-refractivity contribution in [1.82, 2.24) is 0 Å². The molecule has 0 aromatic heterocycles. The van der Waals surface area contributed by atoms with E-state index in [0.29, 0.717) is 10.0 Å². The van der Waals surface area contributed by atoms with Crippen LogP contribution in [0.1, 0.15) is 51.3 Å². The van der Waals surface area contributed by atoms with Crippen LogP contribution in [0.2, 0.25) is 5.02 Å². The van der Waals surface area contributed by atoms with Crippen molar-refractivity contribution in [2.75, 3.05) is 12.4 Å². The molecule has 0 aliphatic rings. The lowest BCUT2D eigenvalue weighted by Crippen LogP contribution is -2.20. The van der Waals surface area contributed by atoms with Gasteiger partial charge < -0.3 is 10.1 Å². The van der Waals surface area contributed by atoms with Crippen LogP contribution in [0, 0.1) is 5.41 Å². The second kappa shape index (κ2) is 12.0. The van der Waals surface area contributed by atoms with Gasteiger partial charge in [0.05, 0.1) is 40.2 Å². The molecule has 0 aliphatic carbocycles. The first-order valence-electron chi connectivity index (χ1n) is 10.3. The number of hydrogen-bond donors (Lipinski definition) is 2. The van der Waals surface area contributed by atoms with Gasteiger partial charge in [0.2, 0.25) is 0 Å². The maximum Gasteiger partial charge on any atom is 0.417 e. The van der Waals surface area contributed by atoms with Crippen LogP contribution in [0.5, 0.6) is 0 Å². The maximum absolute atomic E-state index is 13.4. The lowest BCUT2D eigenvalue weighted by molar-refractivity contribution is -0.137. The van der Waals surface area contributed by atoms with Crippen LogP contribution in [0.15, 0.2) is 65.1 Å². The molecule has 10 heteroatoms. The molecule has 3 aromatic carbocycles. The lowest BCUT2D eigenvalue weighted by Gasteiger charge is -2.16. The predicted molar refractivity (Wildman–Crippen MR) is 134 cm³/mol. The van der Waals surface area contributed by atoms with E-state index in [1.165, 1.54) is 49.6 Å². The number of amides is 1. The number of halogens is 5. The number of esters is 1. The fraction of sp³-hybridized carbons (Fsp3) is 0.160. The molecule has 0 saturated heterocycles. The van der Waals surface area contributed by atoms with Gasteiger partial charge >= 0.3 is 12.1 Å². The highest BCUT2D eigenvalue weighted by Gasteiger charge is 2.36. The average molecular weight is 570 g/mol. The molecule has 0 aliphatic heterocycles. The molecule has 0 fully saturated rings. The summed E-state index contributed by atoms with van der Waals surface area (Å²) in [4.78, 5) is 24.5. The minimum atomic E-state index is -4.79. The highest BCUT2D eigenvalue weighted by Crippen LogP contribution is 2.36. The van der Waals surface area contributed by atoms with E-state index in [1.54, 1.807) is 6.07 Å². The number of benzene rings is 3. The summed E-state index contributed by atoms with van der Waals surface area (Å²) in [6.07, 6.45) is -4.79. The van der Waals surface area contributed by atoms with Gasteiger partial charge in [0, 0.05) is 15.6 Å². The van der Waals surface area contributed by atoms with Gasteiger partial charge in [-0.15, -0.1) is 0 Å². The van der Waals surface area contributed by atoms with Crippen molar-refractivity contribution in [3.63, 3.8) is 0 Å². The Bertz CT molecular complexity index is 1250. The van der Waals surface area contributed by atoms with Crippen molar-refractivity contribution in [2.45, 2.75) is 20.0 Å². The molecule has 0 unspecified atom stereocenters. The van der Waals surface area contributed by atoms with E-state index < -0.39 is 29.2 Å². The molecule has 2 N–H and O–H groups in total. The summed E-state index contributed by atoms with van der Waals surface area (Å²) < 4.78 is 45.4. The quantitative estimate of drug-likeness (QED) is 0.245. The molecule has 0 bridgehead atoms. The largest absolute Gasteiger partial charge is 0.465 e. The van der Waals surface area contributed by atoms with E-state index in [-0.39, 0.29) is 27.5 Å². The van der Waals surface area contributed by atoms with E-state index in [9.17, 15) is 22.8 Å². The second-order valence-electron chi connectivity index (χ2n) is 6.75. The number of carbonyl (C=O) groups is 2. The Morgan fingerprint density at radius 3 is 2.17 bits per heavy atom. The van der Waals surface area contributed by atoms with E-state index >= 15 is 0 Å². The zero-order valence-corrected chi connectivity index (χ0v) is 21.2. The van der Waals surface area contributed by atoms with Crippen molar-refractivity contribution in [3.8, 4) is 0 Å². The molecule has 0 spiro atoms. The normalized spacial score (nSPS) is 10.6. The topological polar surface area (TPSA) is 79.2 Å². The number of nitrogens with one attached hydrogen (secondary N) is 2. The lowest BCUT2D eigenvalue weighted by atomic mass is 9.99. The van der Waals surface area contributed by atoms with Crippen molar-refractivity contribution < 1.29 is 27.5 Å². The molecule has 5 nitrogen and oxygen atoms in total. The third kappa shape index (κ3) is 6.70. The molecule has 0 radical (unpaired) electrons. The van der Waals surface area contributed by atoms with Gasteiger partial charge in [-0.05, 0) is 42.5 Å². The van der Waals surface area contributed by atoms with Gasteiger partial charge in [-0.2, -0.15) is 13.2 Å². The van der Waals surface area contributed by atoms with Gasteiger partial charge in [-0.3, -0.25) is 10.2 Å². The third-order valence-corrected chi connectivity index (χ3v) is 5.45. The van der Waals surface area contributed by atoms with E-state index in [1.807, 2.05) is 13.8 Å². The molecule has 3 rings (SSSR count). The maximum atomic E-state index is 13.4. The first-order chi connectivity index (χ1) is 16.5. The number of ether oxygens (including phenoxy) is 1. The Morgan fingerprint density at radius 1 is 1.00 bits per heavy atom. The number of anilines is 1. The van der Waals surface area contributed by atoms with Gasteiger partial charge in [0.15, 0.2) is 0 Å². The molecule has 184 valence electrons. The third-order valence-electron chi connectivity index (χ3n) is 4.64. The highest BCUT2D eigenvalue weighted by molar-refractivity contribution is 9.10. The molecule has 1 amide bonds. The van der Waals surface area contributed by atoms with E-state index in [4.69, 9.17) is 17.0 Å². The Balaban J connectivity index is 0.00000210. The number of alkyl halides is 3. The van der Waals surface area contributed by atoms with E-state index in [2.05, 4.69) is 26.0 Å². The standard InChI is InChI=1S/C23H15BrClF3N2O3.C2H6/c1-33-22(32)13-7-5-12(6-8-13)20(29)15-10-9-14(24)11-18(15)30-21(31)19-16(23(26,27)28)3-2-4-17(19)25;1-2/h2-11,29H,1H3,(H,30,31);1-2H3. The van der Waals surface area contributed by atoms with Crippen molar-refractivity contribution in [3.05, 3.63) is 98.0 Å². The van der Waals surface area contributed by atoms with Gasteiger partial charge in [0.1, 0.15) is 0 Å². The van der Waals surface area contributed by atoms with Crippen LogP contribution in [0.4, 0.5) is 18.9 Å². The van der Waals surface area contributed by atoms with Crippen LogP contribution < -0.4 is 5.32 Å². The molecule has 0 heterocycles. The molecular formula is C25H21BrClF3N2O3. The predicted octanol–water partition coefficient (Wildman–Crippen LogP) is 7.60. The smallest absolute Gasteiger partial charge is 0.417 e. The summed E-state index contributed by atoms with van der Waals surface area (Å²) in [5.41, 5.74) is -0.859. The Hall–Kier alpha value is -3.17. The Kier molecular flexibility index (Phi) is 9.62. The van der Waals surface area contributed by atoms with Gasteiger partial charge in [-0.25, -0.2) is 4.79 Å². The number of carbonyl (C=O) groups excluding carboxylic acids is 2. The fourth-order valence-corrected chi connectivity index (χ4v) is 3.68. The number of methoxy groups -OCH3 is 1. The molecule has 3 aromatic rings. The summed E-state index contributed by atoms with van der Waals surface area (Å²) >= 11 is 9.19. The van der Waals surface area contributed by atoms with Crippen LogP contribution >= 0.6 is 27.5 Å². The van der Waals surface area contributed by atoms with Crippen molar-refractivity contribution in [1.29, 1.82) is 5.41 Å². The fourth-order valence-electron chi connectivity index (χ4n) is 3.06. The van der Waals surface area contributed by atoms with Crippen LogP contribution in [-0.2, 0) is 10.9 Å². The summed E-state index contributed by atoms with van der Waals surface area (Å²) in [5.74, 6) is -1.61. The van der Waals surface area contributed by atoms with Crippen LogP contribution in [0.3, 0.4) is 0 Å². The number of hydrogen-bond acceptors (Lipinski definition) is 4. The summed E-state index contributed by atoms with van der Waals surface area (Å²) in [5, 5.41) is 10.6. The SMILES string of the molecule is CC.COC(=O)c1ccc(C(=N)c2ccc(Br)cc2NC(=O)c2c(Cl)cccc2C(F)(F)F)cc1. The Morgan fingerprint density at radius 2 is 1.60 bits per heavy atom. The minimum absolute atomic E-state index is 0.0237. The first kappa shape index (κ1) is 28.1. The highest BCUT2D eigenvalue weighted by atomic mass is 79.9. The second-order valence-corrected chi connectivity index (χ2v) is 8.07. The van der Waals surface area contributed by atoms with Gasteiger partial charge in [0.25, 0.3) is 5.91 Å². The summed E-state index contributed by atoms with van der Waals surface area (Å²) in [6, 6.07) is 13.7. The average Bonchev–Trinajstić information content (AvgIpc) is 2.83. The molecule has 35 heavy (non-hydrogen) atoms. The van der Waals surface area contributed by atoms with Crippen LogP contribution in [-0.4, -0.2) is 24.7 Å². The summed E-state index contributed by atoms with van der Waals surface area (Å²) in [6.45, 7) is 4.00. The molecule has 0 saturated carbocycles. The number of rotatable bonds is 5. The summed E-state index contributed by atoms with van der Waals surface area (Å²) in [7, 11) is 1.25. The van der Waals surface area contributed by atoms with Gasteiger partial charge in [-0.1, -0.05) is 59.6 Å². The first-order valence-corrected chi connectivity index (χ1v) is 11.4. The van der Waals surface area contributed by atoms with Crippen molar-refractivity contribution >= 4 is 50.8 Å². The Labute approximate surface area is 213 Å². The molecule has 0 atom stereocenters.